The number of amides is 1. The first-order valence-electron chi connectivity index (χ1n) is 6.10. The van der Waals surface area contributed by atoms with Crippen LogP contribution in [-0.4, -0.2) is 38.7 Å². The molecule has 0 bridgehead atoms. The fourth-order valence-corrected chi connectivity index (χ4v) is 2.09. The topological polar surface area (TPSA) is 88.2 Å². The van der Waals surface area contributed by atoms with Crippen molar-refractivity contribution in [3.05, 3.63) is 30.1 Å². The van der Waals surface area contributed by atoms with Gasteiger partial charge in [-0.25, -0.2) is 13.1 Å². The van der Waals surface area contributed by atoms with Crippen molar-refractivity contribution in [3.8, 4) is 0 Å². The number of aryl methyl sites for hydroxylation is 1. The lowest BCUT2D eigenvalue weighted by molar-refractivity contribution is -0.121. The summed E-state index contributed by atoms with van der Waals surface area (Å²) in [7, 11) is -1.90. The molecule has 0 radical (unpaired) electrons. The first-order valence-corrected chi connectivity index (χ1v) is 7.75. The van der Waals surface area contributed by atoms with E-state index in [1.54, 1.807) is 12.4 Å². The predicted octanol–water partition coefficient (Wildman–Crippen LogP) is 0.0697. The van der Waals surface area contributed by atoms with Crippen LogP contribution in [0.1, 0.15) is 18.4 Å². The van der Waals surface area contributed by atoms with Crippen LogP contribution in [0.25, 0.3) is 0 Å². The van der Waals surface area contributed by atoms with Crippen LogP contribution in [0, 0.1) is 0 Å². The van der Waals surface area contributed by atoms with Gasteiger partial charge in [-0.1, -0.05) is 6.07 Å². The van der Waals surface area contributed by atoms with E-state index in [9.17, 15) is 13.2 Å². The van der Waals surface area contributed by atoms with E-state index in [0.717, 1.165) is 18.4 Å². The van der Waals surface area contributed by atoms with Crippen LogP contribution in [-0.2, 0) is 21.2 Å². The number of rotatable bonds is 8. The van der Waals surface area contributed by atoms with Gasteiger partial charge in [-0.3, -0.25) is 9.78 Å². The lowest BCUT2D eigenvalue weighted by atomic mass is 10.1. The number of pyridine rings is 1. The summed E-state index contributed by atoms with van der Waals surface area (Å²) >= 11 is 0. The molecule has 1 rings (SSSR count). The van der Waals surface area contributed by atoms with E-state index in [-0.39, 0.29) is 18.2 Å². The summed E-state index contributed by atoms with van der Waals surface area (Å²) in [6.45, 7) is 0.134. The first-order chi connectivity index (χ1) is 9.03. The van der Waals surface area contributed by atoms with Gasteiger partial charge in [-0.2, -0.15) is 0 Å². The van der Waals surface area contributed by atoms with E-state index in [4.69, 9.17) is 0 Å². The average Bonchev–Trinajstić information content (AvgIpc) is 2.40. The standard InChI is InChI=1S/C12H19N3O3S/c1-13-19(17,18)9-8-15-12(16)6-2-4-11-5-3-7-14-10-11/h3,5,7,10,13H,2,4,6,8-9H2,1H3,(H,15,16). The molecule has 1 aromatic rings. The molecule has 1 aromatic heterocycles. The number of hydrogen-bond acceptors (Lipinski definition) is 4. The molecular weight excluding hydrogens is 266 g/mol. The highest BCUT2D eigenvalue weighted by molar-refractivity contribution is 7.89. The number of hydrogen-bond donors (Lipinski definition) is 2. The van der Waals surface area contributed by atoms with E-state index >= 15 is 0 Å². The number of carbonyl (C=O) groups is 1. The molecule has 6 nitrogen and oxygen atoms in total. The normalized spacial score (nSPS) is 11.2. The second kappa shape index (κ2) is 7.85. The highest BCUT2D eigenvalue weighted by Crippen LogP contribution is 2.02. The van der Waals surface area contributed by atoms with Crippen molar-refractivity contribution >= 4 is 15.9 Å². The van der Waals surface area contributed by atoms with E-state index in [1.807, 2.05) is 12.1 Å². The largest absolute Gasteiger partial charge is 0.355 e. The third kappa shape index (κ3) is 6.88. The molecule has 106 valence electrons. The predicted molar refractivity (Wildman–Crippen MR) is 73.0 cm³/mol. The maximum absolute atomic E-state index is 11.5. The molecule has 7 heteroatoms. The Morgan fingerprint density at radius 2 is 2.21 bits per heavy atom. The van der Waals surface area contributed by atoms with Crippen molar-refractivity contribution in [1.29, 1.82) is 0 Å². The second-order valence-electron chi connectivity index (χ2n) is 4.09. The maximum atomic E-state index is 11.5. The van der Waals surface area contributed by atoms with Crippen molar-refractivity contribution in [2.75, 3.05) is 19.3 Å². The van der Waals surface area contributed by atoms with Crippen molar-refractivity contribution < 1.29 is 13.2 Å². The van der Waals surface area contributed by atoms with E-state index in [2.05, 4.69) is 15.0 Å². The Labute approximate surface area is 113 Å². The molecule has 0 aliphatic carbocycles. The van der Waals surface area contributed by atoms with Gasteiger partial charge in [0.05, 0.1) is 5.75 Å². The molecule has 19 heavy (non-hydrogen) atoms. The Kier molecular flexibility index (Phi) is 6.44. The highest BCUT2D eigenvalue weighted by atomic mass is 32.2. The fourth-order valence-electron chi connectivity index (χ4n) is 1.51. The lowest BCUT2D eigenvalue weighted by Gasteiger charge is -2.05. The molecule has 0 saturated carbocycles. The fraction of sp³-hybridized carbons (Fsp3) is 0.500. The third-order valence-electron chi connectivity index (χ3n) is 2.60. The van der Waals surface area contributed by atoms with Crippen LogP contribution in [0.5, 0.6) is 0 Å². The molecule has 0 aliphatic rings. The van der Waals surface area contributed by atoms with E-state index in [1.165, 1.54) is 7.05 Å². The van der Waals surface area contributed by atoms with Gasteiger partial charge >= 0.3 is 0 Å². The molecule has 2 N–H and O–H groups in total. The van der Waals surface area contributed by atoms with Gasteiger partial charge in [-0.15, -0.1) is 0 Å². The minimum atomic E-state index is -3.25. The number of carbonyl (C=O) groups excluding carboxylic acids is 1. The van der Waals surface area contributed by atoms with Crippen LogP contribution >= 0.6 is 0 Å². The molecule has 0 aromatic carbocycles. The summed E-state index contributed by atoms with van der Waals surface area (Å²) in [6, 6.07) is 3.82. The molecule has 1 heterocycles. The molecule has 0 atom stereocenters. The Hall–Kier alpha value is -1.47. The molecule has 0 saturated heterocycles. The zero-order chi connectivity index (χ0) is 14.1. The summed E-state index contributed by atoms with van der Waals surface area (Å²) in [6.07, 6.45) is 5.37. The van der Waals surface area contributed by atoms with Gasteiger partial charge in [0, 0.05) is 25.4 Å². The smallest absolute Gasteiger partial charge is 0.220 e. The monoisotopic (exact) mass is 285 g/mol. The zero-order valence-electron chi connectivity index (χ0n) is 10.9. The minimum absolute atomic E-state index is 0.0994. The lowest BCUT2D eigenvalue weighted by Crippen LogP contribution is -2.32. The second-order valence-corrected chi connectivity index (χ2v) is 6.13. The van der Waals surface area contributed by atoms with Gasteiger partial charge in [0.1, 0.15) is 0 Å². The van der Waals surface area contributed by atoms with Crippen molar-refractivity contribution in [2.45, 2.75) is 19.3 Å². The van der Waals surface area contributed by atoms with Gasteiger partial charge in [0.25, 0.3) is 0 Å². The molecule has 0 aliphatic heterocycles. The number of aromatic nitrogens is 1. The van der Waals surface area contributed by atoms with Crippen LogP contribution in [0.15, 0.2) is 24.5 Å². The zero-order valence-corrected chi connectivity index (χ0v) is 11.7. The first kappa shape index (κ1) is 15.6. The summed E-state index contributed by atoms with van der Waals surface area (Å²) in [5, 5.41) is 2.59. The number of nitrogens with one attached hydrogen (secondary N) is 2. The van der Waals surface area contributed by atoms with Crippen molar-refractivity contribution in [1.82, 2.24) is 15.0 Å². The van der Waals surface area contributed by atoms with Crippen LogP contribution < -0.4 is 10.0 Å². The number of sulfonamides is 1. The Morgan fingerprint density at radius 1 is 1.42 bits per heavy atom. The van der Waals surface area contributed by atoms with Crippen molar-refractivity contribution in [3.63, 3.8) is 0 Å². The van der Waals surface area contributed by atoms with Gasteiger partial charge < -0.3 is 5.32 Å². The van der Waals surface area contributed by atoms with Gasteiger partial charge in [0.15, 0.2) is 0 Å². The van der Waals surface area contributed by atoms with Crippen molar-refractivity contribution in [2.24, 2.45) is 0 Å². The van der Waals surface area contributed by atoms with E-state index in [0.29, 0.717) is 6.42 Å². The molecular formula is C12H19N3O3S. The molecule has 1 amide bonds. The molecule has 0 fully saturated rings. The van der Waals surface area contributed by atoms with Gasteiger partial charge in [-0.05, 0) is 31.5 Å². The quantitative estimate of drug-likeness (QED) is 0.707. The summed E-state index contributed by atoms with van der Waals surface area (Å²) < 4.78 is 24.4. The maximum Gasteiger partial charge on any atom is 0.220 e. The minimum Gasteiger partial charge on any atom is -0.355 e. The SMILES string of the molecule is CNS(=O)(=O)CCNC(=O)CCCc1cccnc1. The Bertz CT molecular complexity index is 488. The van der Waals surface area contributed by atoms with Crippen LogP contribution in [0.2, 0.25) is 0 Å². The van der Waals surface area contributed by atoms with Crippen LogP contribution in [0.3, 0.4) is 0 Å². The van der Waals surface area contributed by atoms with Crippen LogP contribution in [0.4, 0.5) is 0 Å². The molecule has 0 spiro atoms. The van der Waals surface area contributed by atoms with Gasteiger partial charge in [0.2, 0.25) is 15.9 Å². The average molecular weight is 285 g/mol. The highest BCUT2D eigenvalue weighted by Gasteiger charge is 2.07. The Morgan fingerprint density at radius 3 is 2.84 bits per heavy atom. The summed E-state index contributed by atoms with van der Waals surface area (Å²) in [5.74, 6) is -0.229. The summed E-state index contributed by atoms with van der Waals surface area (Å²) in [4.78, 5) is 15.5. The summed E-state index contributed by atoms with van der Waals surface area (Å²) in [5.41, 5.74) is 1.09. The Balaban J connectivity index is 2.15. The molecule has 0 unspecified atom stereocenters. The van der Waals surface area contributed by atoms with E-state index < -0.39 is 10.0 Å². The third-order valence-corrected chi connectivity index (χ3v) is 3.96. The number of nitrogens with zero attached hydrogens (tertiary/aromatic N) is 1.